The Hall–Kier alpha value is -1.71. The van der Waals surface area contributed by atoms with Crippen LogP contribution in [-0.4, -0.2) is 11.7 Å². The van der Waals surface area contributed by atoms with Gasteiger partial charge in [-0.25, -0.2) is 4.39 Å². The molecule has 1 aromatic carbocycles. The Morgan fingerprint density at radius 2 is 2.05 bits per heavy atom. The summed E-state index contributed by atoms with van der Waals surface area (Å²) in [6.45, 7) is 3.72. The molecule has 1 amide bonds. The summed E-state index contributed by atoms with van der Waals surface area (Å²) in [5.41, 5.74) is 6.43. The molecule has 0 spiro atoms. The third-order valence-electron chi connectivity index (χ3n) is 3.11. The number of nitrogens with two attached hydrogens (primary N) is 1. The second-order valence-corrected chi connectivity index (χ2v) is 4.90. The van der Waals surface area contributed by atoms with Gasteiger partial charge in [0.25, 0.3) is 0 Å². The van der Waals surface area contributed by atoms with Crippen molar-refractivity contribution in [3.8, 4) is 0 Å². The Balaban J connectivity index is 2.66. The van der Waals surface area contributed by atoms with Crippen LogP contribution >= 0.6 is 0 Å². The predicted molar refractivity (Wildman–Crippen MR) is 72.1 cm³/mol. The first kappa shape index (κ1) is 15.3. The van der Waals surface area contributed by atoms with E-state index in [0.717, 1.165) is 12.0 Å². The van der Waals surface area contributed by atoms with Crippen LogP contribution in [0, 0.1) is 18.7 Å². The van der Waals surface area contributed by atoms with Crippen molar-refractivity contribution >= 4 is 11.7 Å². The van der Waals surface area contributed by atoms with Gasteiger partial charge in [0, 0.05) is 18.8 Å². The van der Waals surface area contributed by atoms with E-state index in [1.165, 1.54) is 6.07 Å². The number of benzene rings is 1. The standard InChI is InChI=1S/C15H20FNO2/c1-3-4-12(15(17)19)9-13(18)8-11-6-5-10(2)7-14(11)16/h5-7,12H,3-4,8-9H2,1-2H3,(H2,17,19)/t12-/m1/s1. The SMILES string of the molecule is CCC[C@H](CC(=O)Cc1ccc(C)cc1F)C(N)=O. The van der Waals surface area contributed by atoms with Gasteiger partial charge in [-0.1, -0.05) is 25.5 Å². The molecule has 0 fully saturated rings. The van der Waals surface area contributed by atoms with Crippen LogP contribution in [0.1, 0.15) is 37.3 Å². The average Bonchev–Trinajstić information content (AvgIpc) is 2.32. The van der Waals surface area contributed by atoms with Crippen molar-refractivity contribution in [3.05, 3.63) is 35.1 Å². The predicted octanol–water partition coefficient (Wildman–Crippen LogP) is 2.54. The van der Waals surface area contributed by atoms with E-state index in [0.29, 0.717) is 12.0 Å². The minimum atomic E-state index is -0.459. The molecular weight excluding hydrogens is 245 g/mol. The number of halogens is 1. The molecule has 1 atom stereocenters. The van der Waals surface area contributed by atoms with Crippen LogP contribution in [0.2, 0.25) is 0 Å². The molecule has 0 heterocycles. The first-order chi connectivity index (χ1) is 8.93. The molecule has 0 aliphatic rings. The highest BCUT2D eigenvalue weighted by Gasteiger charge is 2.19. The topological polar surface area (TPSA) is 60.2 Å². The van der Waals surface area contributed by atoms with Crippen LogP contribution in [0.15, 0.2) is 18.2 Å². The number of hydrogen-bond acceptors (Lipinski definition) is 2. The van der Waals surface area contributed by atoms with Crippen molar-refractivity contribution in [2.45, 2.75) is 39.5 Å². The molecule has 0 saturated carbocycles. The highest BCUT2D eigenvalue weighted by molar-refractivity contribution is 5.87. The maximum Gasteiger partial charge on any atom is 0.220 e. The number of Topliss-reactive ketones (excluding diaryl/α,β-unsaturated/α-hetero) is 1. The van der Waals surface area contributed by atoms with Gasteiger partial charge in [-0.05, 0) is 30.5 Å². The molecule has 4 heteroatoms. The second-order valence-electron chi connectivity index (χ2n) is 4.90. The zero-order valence-corrected chi connectivity index (χ0v) is 11.4. The molecule has 0 aliphatic heterocycles. The number of rotatable bonds is 7. The molecule has 104 valence electrons. The fraction of sp³-hybridized carbons (Fsp3) is 0.467. The molecule has 19 heavy (non-hydrogen) atoms. The quantitative estimate of drug-likeness (QED) is 0.823. The van der Waals surface area contributed by atoms with E-state index >= 15 is 0 Å². The monoisotopic (exact) mass is 265 g/mol. The summed E-state index contributed by atoms with van der Waals surface area (Å²) in [5.74, 6) is -1.43. The minimum Gasteiger partial charge on any atom is -0.369 e. The summed E-state index contributed by atoms with van der Waals surface area (Å²) in [7, 11) is 0. The molecule has 0 aliphatic carbocycles. The Bertz CT molecular complexity index is 471. The van der Waals surface area contributed by atoms with Gasteiger partial charge in [0.15, 0.2) is 0 Å². The fourth-order valence-electron chi connectivity index (χ4n) is 2.05. The average molecular weight is 265 g/mol. The summed E-state index contributed by atoms with van der Waals surface area (Å²) in [4.78, 5) is 23.0. The highest BCUT2D eigenvalue weighted by atomic mass is 19.1. The van der Waals surface area contributed by atoms with Gasteiger partial charge in [-0.3, -0.25) is 9.59 Å². The fourth-order valence-corrected chi connectivity index (χ4v) is 2.05. The maximum absolute atomic E-state index is 13.6. The lowest BCUT2D eigenvalue weighted by Gasteiger charge is -2.11. The molecule has 0 saturated heterocycles. The Labute approximate surface area is 113 Å². The summed E-state index contributed by atoms with van der Waals surface area (Å²) >= 11 is 0. The lowest BCUT2D eigenvalue weighted by molar-refractivity contribution is -0.127. The normalized spacial score (nSPS) is 12.2. The van der Waals surface area contributed by atoms with E-state index in [1.807, 2.05) is 6.92 Å². The number of ketones is 1. The van der Waals surface area contributed by atoms with Crippen LogP contribution < -0.4 is 5.73 Å². The van der Waals surface area contributed by atoms with Crippen molar-refractivity contribution in [2.24, 2.45) is 11.7 Å². The molecule has 2 N–H and O–H groups in total. The summed E-state index contributed by atoms with van der Waals surface area (Å²) in [6.07, 6.45) is 1.49. The minimum absolute atomic E-state index is 0.0135. The first-order valence-electron chi connectivity index (χ1n) is 6.50. The van der Waals surface area contributed by atoms with Crippen LogP contribution in [-0.2, 0) is 16.0 Å². The number of carbonyl (C=O) groups excluding carboxylic acids is 2. The smallest absolute Gasteiger partial charge is 0.220 e. The number of amides is 1. The van der Waals surface area contributed by atoms with Crippen molar-refractivity contribution in [1.29, 1.82) is 0 Å². The van der Waals surface area contributed by atoms with Crippen molar-refractivity contribution in [3.63, 3.8) is 0 Å². The van der Waals surface area contributed by atoms with Crippen LogP contribution in [0.25, 0.3) is 0 Å². The molecule has 0 unspecified atom stereocenters. The zero-order chi connectivity index (χ0) is 14.4. The van der Waals surface area contributed by atoms with Crippen LogP contribution in [0.3, 0.4) is 0 Å². The van der Waals surface area contributed by atoms with E-state index in [2.05, 4.69) is 0 Å². The highest BCUT2D eigenvalue weighted by Crippen LogP contribution is 2.15. The third-order valence-corrected chi connectivity index (χ3v) is 3.11. The molecule has 1 rings (SSSR count). The van der Waals surface area contributed by atoms with E-state index in [-0.39, 0.29) is 24.4 Å². The lowest BCUT2D eigenvalue weighted by atomic mass is 9.94. The zero-order valence-electron chi connectivity index (χ0n) is 11.4. The van der Waals surface area contributed by atoms with Crippen molar-refractivity contribution < 1.29 is 14.0 Å². The van der Waals surface area contributed by atoms with Crippen LogP contribution in [0.5, 0.6) is 0 Å². The third kappa shape index (κ3) is 4.81. The summed E-state index contributed by atoms with van der Waals surface area (Å²) in [6, 6.07) is 4.78. The maximum atomic E-state index is 13.6. The molecular formula is C15H20FNO2. The van der Waals surface area contributed by atoms with Crippen molar-refractivity contribution in [2.75, 3.05) is 0 Å². The summed E-state index contributed by atoms with van der Waals surface area (Å²) in [5, 5.41) is 0. The second kappa shape index (κ2) is 7.02. The Kier molecular flexibility index (Phi) is 5.67. The van der Waals surface area contributed by atoms with Crippen LogP contribution in [0.4, 0.5) is 4.39 Å². The number of primary amides is 1. The van der Waals surface area contributed by atoms with E-state index in [1.54, 1.807) is 19.1 Å². The molecule has 0 radical (unpaired) electrons. The van der Waals surface area contributed by atoms with Gasteiger partial charge in [0.05, 0.1) is 0 Å². The number of aryl methyl sites for hydroxylation is 1. The number of hydrogen-bond donors (Lipinski definition) is 1. The molecule has 0 bridgehead atoms. The Morgan fingerprint density at radius 3 is 2.58 bits per heavy atom. The van der Waals surface area contributed by atoms with Gasteiger partial charge in [-0.2, -0.15) is 0 Å². The van der Waals surface area contributed by atoms with E-state index in [4.69, 9.17) is 5.73 Å². The lowest BCUT2D eigenvalue weighted by Crippen LogP contribution is -2.26. The molecule has 0 aromatic heterocycles. The largest absolute Gasteiger partial charge is 0.369 e. The van der Waals surface area contributed by atoms with Gasteiger partial charge in [0.1, 0.15) is 11.6 Å². The first-order valence-corrected chi connectivity index (χ1v) is 6.50. The summed E-state index contributed by atoms with van der Waals surface area (Å²) < 4.78 is 13.6. The van der Waals surface area contributed by atoms with E-state index < -0.39 is 11.8 Å². The Morgan fingerprint density at radius 1 is 1.37 bits per heavy atom. The van der Waals surface area contributed by atoms with E-state index in [9.17, 15) is 14.0 Å². The molecule has 3 nitrogen and oxygen atoms in total. The molecule has 1 aromatic rings. The van der Waals surface area contributed by atoms with Crippen molar-refractivity contribution in [1.82, 2.24) is 0 Å². The number of carbonyl (C=O) groups is 2. The van der Waals surface area contributed by atoms with Gasteiger partial charge < -0.3 is 5.73 Å². The van der Waals surface area contributed by atoms with Gasteiger partial charge in [0.2, 0.25) is 5.91 Å². The van der Waals surface area contributed by atoms with Gasteiger partial charge >= 0.3 is 0 Å². The van der Waals surface area contributed by atoms with Gasteiger partial charge in [-0.15, -0.1) is 0 Å².